The number of rotatable bonds is 3. The van der Waals surface area contributed by atoms with Crippen LogP contribution in [0.15, 0.2) is 5.16 Å². The maximum Gasteiger partial charge on any atom is 0.223 e. The van der Waals surface area contributed by atoms with Gasteiger partial charge in [-0.25, -0.2) is 9.97 Å². The number of hydrogen-bond acceptors (Lipinski definition) is 5. The van der Waals surface area contributed by atoms with Crippen molar-refractivity contribution in [3.63, 3.8) is 0 Å². The zero-order valence-corrected chi connectivity index (χ0v) is 11.5. The number of amides is 1. The highest BCUT2D eigenvalue weighted by Gasteiger charge is 2.17. The Morgan fingerprint density at radius 2 is 1.88 bits per heavy atom. The van der Waals surface area contributed by atoms with Gasteiger partial charge in [0, 0.05) is 13.5 Å². The quantitative estimate of drug-likeness (QED) is 0.513. The summed E-state index contributed by atoms with van der Waals surface area (Å²) >= 11 is 4.07. The van der Waals surface area contributed by atoms with E-state index in [2.05, 4.69) is 21.6 Å². The van der Waals surface area contributed by atoms with Gasteiger partial charge in [0.2, 0.25) is 5.91 Å². The van der Waals surface area contributed by atoms with Crippen molar-refractivity contribution in [1.29, 1.82) is 0 Å². The maximum atomic E-state index is 11.5. The van der Waals surface area contributed by atoms with Crippen molar-refractivity contribution in [1.82, 2.24) is 9.97 Å². The summed E-state index contributed by atoms with van der Waals surface area (Å²) in [4.78, 5) is 21.7. The zero-order valence-electron chi connectivity index (χ0n) is 9.81. The molecule has 0 N–H and O–H groups in total. The lowest BCUT2D eigenvalue weighted by Crippen LogP contribution is -2.30. The molecule has 16 heavy (non-hydrogen) atoms. The largest absolute Gasteiger partial charge is 0.310 e. The van der Waals surface area contributed by atoms with Crippen LogP contribution in [0.1, 0.15) is 25.2 Å². The molecule has 1 aromatic rings. The lowest BCUT2D eigenvalue weighted by Gasteiger charge is -2.22. The van der Waals surface area contributed by atoms with Crippen molar-refractivity contribution in [3.05, 3.63) is 11.4 Å². The fourth-order valence-corrected chi connectivity index (χ4v) is 2.25. The molecule has 1 heterocycles. The topological polar surface area (TPSA) is 46.1 Å². The van der Waals surface area contributed by atoms with Crippen LogP contribution in [0.3, 0.4) is 0 Å². The predicted molar refractivity (Wildman–Crippen MR) is 70.1 cm³/mol. The minimum absolute atomic E-state index is 0.00331. The molecule has 0 fully saturated rings. The predicted octanol–water partition coefficient (Wildman–Crippen LogP) is 2.40. The van der Waals surface area contributed by atoms with E-state index >= 15 is 0 Å². The first-order valence-electron chi connectivity index (χ1n) is 4.96. The van der Waals surface area contributed by atoms with Gasteiger partial charge in [-0.2, -0.15) is 0 Å². The Labute approximate surface area is 105 Å². The molecule has 1 rings (SSSR count). The van der Waals surface area contributed by atoms with Crippen molar-refractivity contribution in [3.8, 4) is 0 Å². The van der Waals surface area contributed by atoms with Crippen LogP contribution in [0.25, 0.3) is 0 Å². The Morgan fingerprint density at radius 1 is 1.38 bits per heavy atom. The molecule has 0 saturated heterocycles. The summed E-state index contributed by atoms with van der Waals surface area (Å²) in [5.74, 6) is 0.00331. The second-order valence-electron chi connectivity index (χ2n) is 3.38. The van der Waals surface area contributed by atoms with Crippen LogP contribution < -0.4 is 4.90 Å². The lowest BCUT2D eigenvalue weighted by molar-refractivity contribution is -0.116. The van der Waals surface area contributed by atoms with Gasteiger partial charge in [0.1, 0.15) is 0 Å². The van der Waals surface area contributed by atoms with Gasteiger partial charge >= 0.3 is 0 Å². The molecular weight excluding hydrogens is 242 g/mol. The van der Waals surface area contributed by atoms with E-state index in [1.807, 2.05) is 20.8 Å². The minimum atomic E-state index is 0.00331. The highest BCUT2D eigenvalue weighted by atomic mass is 33.1. The number of carbonyl (C=O) groups is 1. The molecule has 0 aliphatic carbocycles. The van der Waals surface area contributed by atoms with Gasteiger partial charge in [0.15, 0.2) is 5.16 Å². The number of anilines is 1. The van der Waals surface area contributed by atoms with E-state index in [-0.39, 0.29) is 5.91 Å². The van der Waals surface area contributed by atoms with Crippen molar-refractivity contribution < 1.29 is 4.79 Å². The van der Waals surface area contributed by atoms with Crippen LogP contribution in [-0.2, 0) is 4.79 Å². The van der Waals surface area contributed by atoms with Crippen LogP contribution in [0, 0.1) is 13.8 Å². The standard InChI is InChI=1S/C10H15N3OS2/c1-5-13(8(4)14)9-6(2)11-10(16-15)12-7(9)3/h15H,5H2,1-4H3. The number of carbonyl (C=O) groups excluding carboxylic acids is 1. The molecule has 88 valence electrons. The van der Waals surface area contributed by atoms with Crippen LogP contribution >= 0.6 is 22.5 Å². The van der Waals surface area contributed by atoms with E-state index in [1.165, 1.54) is 10.8 Å². The number of thiol groups is 1. The molecule has 1 amide bonds. The normalized spacial score (nSPS) is 10.3. The van der Waals surface area contributed by atoms with E-state index in [4.69, 9.17) is 0 Å². The molecule has 0 bridgehead atoms. The molecule has 0 atom stereocenters. The van der Waals surface area contributed by atoms with Gasteiger partial charge in [-0.15, -0.1) is 11.7 Å². The Morgan fingerprint density at radius 3 is 2.19 bits per heavy atom. The number of hydrogen-bond donors (Lipinski definition) is 1. The third-order valence-corrected chi connectivity index (χ3v) is 3.10. The first-order valence-corrected chi connectivity index (χ1v) is 6.82. The van der Waals surface area contributed by atoms with Gasteiger partial charge in [-0.3, -0.25) is 4.79 Å². The summed E-state index contributed by atoms with van der Waals surface area (Å²) in [5, 5.41) is 0.613. The molecule has 4 nitrogen and oxygen atoms in total. The third-order valence-electron chi connectivity index (χ3n) is 2.26. The molecule has 0 unspecified atom stereocenters. The van der Waals surface area contributed by atoms with Crippen LogP contribution in [0.5, 0.6) is 0 Å². The molecule has 6 heteroatoms. The smallest absolute Gasteiger partial charge is 0.223 e. The molecule has 0 saturated carbocycles. The molecule has 0 aliphatic rings. The summed E-state index contributed by atoms with van der Waals surface area (Å²) in [6.45, 7) is 7.85. The zero-order chi connectivity index (χ0) is 12.3. The Bertz CT molecular complexity index is 386. The minimum Gasteiger partial charge on any atom is -0.310 e. The molecule has 1 aromatic heterocycles. The Balaban J connectivity index is 3.27. The van der Waals surface area contributed by atoms with Gasteiger partial charge in [0.05, 0.1) is 17.1 Å². The Kier molecular flexibility index (Phi) is 4.61. The first-order chi connectivity index (χ1) is 7.51. The highest BCUT2D eigenvalue weighted by Crippen LogP contribution is 2.26. The number of nitrogens with zero attached hydrogens (tertiary/aromatic N) is 3. The molecule has 0 radical (unpaired) electrons. The van der Waals surface area contributed by atoms with E-state index in [9.17, 15) is 4.79 Å². The van der Waals surface area contributed by atoms with Gasteiger partial charge in [0.25, 0.3) is 0 Å². The highest BCUT2D eigenvalue weighted by molar-refractivity contribution is 8.68. The van der Waals surface area contributed by atoms with Gasteiger partial charge < -0.3 is 4.90 Å². The molecule has 0 aromatic carbocycles. The van der Waals surface area contributed by atoms with Crippen molar-refractivity contribution in [2.45, 2.75) is 32.9 Å². The van der Waals surface area contributed by atoms with Crippen molar-refractivity contribution in [2.75, 3.05) is 11.4 Å². The van der Waals surface area contributed by atoms with Crippen LogP contribution in [0.2, 0.25) is 0 Å². The summed E-state index contributed by atoms with van der Waals surface area (Å²) in [6, 6.07) is 0. The lowest BCUT2D eigenvalue weighted by atomic mass is 10.2. The first kappa shape index (κ1) is 13.3. The summed E-state index contributed by atoms with van der Waals surface area (Å²) < 4.78 is 0. The van der Waals surface area contributed by atoms with E-state index in [0.29, 0.717) is 11.7 Å². The SMILES string of the molecule is CCN(C(C)=O)c1c(C)nc(SS)nc1C. The van der Waals surface area contributed by atoms with E-state index in [0.717, 1.165) is 17.1 Å². The summed E-state index contributed by atoms with van der Waals surface area (Å²) in [7, 11) is 1.20. The second kappa shape index (κ2) is 5.54. The van der Waals surface area contributed by atoms with Crippen molar-refractivity contribution in [2.24, 2.45) is 0 Å². The van der Waals surface area contributed by atoms with E-state index < -0.39 is 0 Å². The van der Waals surface area contributed by atoms with Crippen molar-refractivity contribution >= 4 is 34.0 Å². The average molecular weight is 257 g/mol. The second-order valence-corrected chi connectivity index (χ2v) is 4.48. The van der Waals surface area contributed by atoms with Gasteiger partial charge in [-0.1, -0.05) is 0 Å². The number of aryl methyl sites for hydroxylation is 2. The monoisotopic (exact) mass is 257 g/mol. The summed E-state index contributed by atoms with van der Waals surface area (Å²) in [5.41, 5.74) is 2.42. The van der Waals surface area contributed by atoms with Gasteiger partial charge in [-0.05, 0) is 31.6 Å². The van der Waals surface area contributed by atoms with Crippen LogP contribution in [0.4, 0.5) is 5.69 Å². The average Bonchev–Trinajstić information content (AvgIpc) is 2.22. The number of aromatic nitrogens is 2. The Hall–Kier alpha value is -0.750. The van der Waals surface area contributed by atoms with E-state index in [1.54, 1.807) is 11.8 Å². The maximum absolute atomic E-state index is 11.5. The fourth-order valence-electron chi connectivity index (χ4n) is 1.65. The summed E-state index contributed by atoms with van der Waals surface area (Å²) in [6.07, 6.45) is 0. The molecule has 0 aliphatic heterocycles. The molecule has 0 spiro atoms. The third kappa shape index (κ3) is 2.68. The fraction of sp³-hybridized carbons (Fsp3) is 0.500. The van der Waals surface area contributed by atoms with Crippen LogP contribution in [-0.4, -0.2) is 22.4 Å². The molecular formula is C10H15N3OS2.